The first-order valence-corrected chi connectivity index (χ1v) is 9.03. The zero-order chi connectivity index (χ0) is 15.9. The van der Waals surface area contributed by atoms with Gasteiger partial charge in [0.15, 0.2) is 0 Å². The van der Waals surface area contributed by atoms with Crippen LogP contribution in [0.1, 0.15) is 48.9 Å². The number of amides is 1. The molecule has 1 atom stereocenters. The Morgan fingerprint density at radius 2 is 1.92 bits per heavy atom. The van der Waals surface area contributed by atoms with Crippen molar-refractivity contribution in [3.05, 3.63) is 23.9 Å². The normalized spacial score (nSPS) is 20.6. The fourth-order valence-electron chi connectivity index (χ4n) is 3.44. The van der Waals surface area contributed by atoms with Crippen LogP contribution in [-0.2, 0) is 0 Å². The fourth-order valence-corrected chi connectivity index (χ4v) is 3.44. The third kappa shape index (κ3) is 6.65. The Labute approximate surface area is 163 Å². The van der Waals surface area contributed by atoms with E-state index in [4.69, 9.17) is 0 Å². The van der Waals surface area contributed by atoms with Crippen molar-refractivity contribution in [3.63, 3.8) is 0 Å². The molecule has 1 aromatic rings. The van der Waals surface area contributed by atoms with Gasteiger partial charge in [-0.25, -0.2) is 4.98 Å². The number of piperidine rings is 1. The highest BCUT2D eigenvalue weighted by atomic mass is 35.5. The summed E-state index contributed by atoms with van der Waals surface area (Å²) >= 11 is 0. The van der Waals surface area contributed by atoms with Crippen LogP contribution in [0, 0.1) is 5.92 Å². The number of rotatable bonds is 4. The summed E-state index contributed by atoms with van der Waals surface area (Å²) in [6.07, 6.45) is 9.21. The summed E-state index contributed by atoms with van der Waals surface area (Å²) in [5.41, 5.74) is 0.660. The van der Waals surface area contributed by atoms with Crippen molar-refractivity contribution in [3.8, 4) is 0 Å². The Hall–Kier alpha value is -1.04. The lowest BCUT2D eigenvalue weighted by atomic mass is 10.00. The first kappa shape index (κ1) is 22.0. The van der Waals surface area contributed by atoms with Gasteiger partial charge in [-0.05, 0) is 56.8 Å². The highest BCUT2D eigenvalue weighted by Crippen LogP contribution is 2.17. The van der Waals surface area contributed by atoms with Gasteiger partial charge in [0.2, 0.25) is 0 Å². The molecule has 0 spiro atoms. The Bertz CT molecular complexity index is 498. The van der Waals surface area contributed by atoms with Crippen molar-refractivity contribution in [2.45, 2.75) is 38.5 Å². The highest BCUT2D eigenvalue weighted by molar-refractivity contribution is 5.94. The van der Waals surface area contributed by atoms with Crippen LogP contribution in [0.2, 0.25) is 0 Å². The van der Waals surface area contributed by atoms with Gasteiger partial charge in [0.1, 0.15) is 5.82 Å². The predicted octanol–water partition coefficient (Wildman–Crippen LogP) is 3.04. The monoisotopic (exact) mass is 388 g/mol. The van der Waals surface area contributed by atoms with E-state index in [1.165, 1.54) is 38.5 Å². The van der Waals surface area contributed by atoms with Gasteiger partial charge in [0.25, 0.3) is 5.91 Å². The Kier molecular flexibility index (Phi) is 10.2. The highest BCUT2D eigenvalue weighted by Gasteiger charge is 2.15. The minimum absolute atomic E-state index is 0. The molecule has 0 saturated carbocycles. The molecule has 2 N–H and O–H groups in total. The largest absolute Gasteiger partial charge is 0.357 e. The summed E-state index contributed by atoms with van der Waals surface area (Å²) in [6, 6.07) is 3.89. The van der Waals surface area contributed by atoms with Crippen molar-refractivity contribution in [1.29, 1.82) is 0 Å². The lowest BCUT2D eigenvalue weighted by Crippen LogP contribution is -2.38. The van der Waals surface area contributed by atoms with Crippen LogP contribution in [-0.4, -0.2) is 43.6 Å². The molecule has 5 nitrogen and oxygen atoms in total. The average molecular weight is 389 g/mol. The van der Waals surface area contributed by atoms with Crippen LogP contribution >= 0.6 is 24.8 Å². The third-order valence-corrected chi connectivity index (χ3v) is 4.89. The number of anilines is 1. The van der Waals surface area contributed by atoms with E-state index in [9.17, 15) is 4.79 Å². The lowest BCUT2D eigenvalue weighted by Gasteiger charge is -2.23. The summed E-state index contributed by atoms with van der Waals surface area (Å²) in [5.74, 6) is 1.54. The van der Waals surface area contributed by atoms with Crippen molar-refractivity contribution in [2.75, 3.05) is 37.6 Å². The van der Waals surface area contributed by atoms with Crippen molar-refractivity contribution >= 4 is 36.5 Å². The quantitative estimate of drug-likeness (QED) is 0.831. The molecule has 7 heteroatoms. The minimum atomic E-state index is -0.00881. The number of nitrogens with zero attached hydrogens (tertiary/aromatic N) is 2. The zero-order valence-corrected chi connectivity index (χ0v) is 16.3. The number of aromatic nitrogens is 1. The standard InChI is InChI=1S/C18H28N4O.2ClH/c23-18(21-13-15-6-5-9-19-12-15)16-7-8-17(20-14-16)22-10-3-1-2-4-11-22;;/h7-8,14-15,19H,1-6,9-13H2,(H,21,23);2*1H. The molecule has 3 rings (SSSR count). The van der Waals surface area contributed by atoms with Gasteiger partial charge in [-0.3, -0.25) is 4.79 Å². The van der Waals surface area contributed by atoms with Gasteiger partial charge < -0.3 is 15.5 Å². The van der Waals surface area contributed by atoms with Crippen LogP contribution in [0.4, 0.5) is 5.82 Å². The lowest BCUT2D eigenvalue weighted by molar-refractivity contribution is 0.0944. The molecule has 142 valence electrons. The molecule has 25 heavy (non-hydrogen) atoms. The van der Waals surface area contributed by atoms with Gasteiger partial charge >= 0.3 is 0 Å². The van der Waals surface area contributed by atoms with Gasteiger partial charge in [-0.15, -0.1) is 24.8 Å². The van der Waals surface area contributed by atoms with Crippen LogP contribution in [0.15, 0.2) is 18.3 Å². The number of hydrogen-bond acceptors (Lipinski definition) is 4. The van der Waals surface area contributed by atoms with E-state index in [1.54, 1.807) is 6.20 Å². The molecule has 2 aliphatic heterocycles. The summed E-state index contributed by atoms with van der Waals surface area (Å²) in [7, 11) is 0. The molecule has 1 amide bonds. The first-order chi connectivity index (χ1) is 11.3. The van der Waals surface area contributed by atoms with Crippen LogP contribution in [0.3, 0.4) is 0 Å². The number of pyridine rings is 1. The topological polar surface area (TPSA) is 57.3 Å². The number of halogens is 2. The maximum absolute atomic E-state index is 12.2. The summed E-state index contributed by atoms with van der Waals surface area (Å²) in [6.45, 7) is 5.01. The van der Waals surface area contributed by atoms with Crippen LogP contribution < -0.4 is 15.5 Å². The van der Waals surface area contributed by atoms with Crippen molar-refractivity contribution in [2.24, 2.45) is 5.92 Å². The predicted molar refractivity (Wildman–Crippen MR) is 107 cm³/mol. The van der Waals surface area contributed by atoms with Gasteiger partial charge in [0, 0.05) is 25.8 Å². The molecule has 2 fully saturated rings. The van der Waals surface area contributed by atoms with E-state index < -0.39 is 0 Å². The molecule has 0 bridgehead atoms. The number of carbonyl (C=O) groups is 1. The molecule has 3 heterocycles. The molecule has 2 saturated heterocycles. The van der Waals surface area contributed by atoms with Gasteiger partial charge in [0.05, 0.1) is 5.56 Å². The van der Waals surface area contributed by atoms with Crippen molar-refractivity contribution < 1.29 is 4.79 Å². The molecule has 1 aromatic heterocycles. The molecule has 2 aliphatic rings. The average Bonchev–Trinajstić information content (AvgIpc) is 2.90. The van der Waals surface area contributed by atoms with E-state index >= 15 is 0 Å². The third-order valence-electron chi connectivity index (χ3n) is 4.89. The van der Waals surface area contributed by atoms with Crippen LogP contribution in [0.5, 0.6) is 0 Å². The zero-order valence-electron chi connectivity index (χ0n) is 14.7. The molecular weight excluding hydrogens is 359 g/mol. The SMILES string of the molecule is Cl.Cl.O=C(NCC1CCCNC1)c1ccc(N2CCCCCC2)nc1. The van der Waals surface area contributed by atoms with E-state index in [-0.39, 0.29) is 30.7 Å². The second kappa shape index (κ2) is 11.6. The number of carbonyl (C=O) groups excluding carboxylic acids is 1. The van der Waals surface area contributed by atoms with Gasteiger partial charge in [-0.2, -0.15) is 0 Å². The maximum Gasteiger partial charge on any atom is 0.252 e. The smallest absolute Gasteiger partial charge is 0.252 e. The molecule has 1 unspecified atom stereocenters. The summed E-state index contributed by atoms with van der Waals surface area (Å²) in [5, 5.41) is 6.42. The minimum Gasteiger partial charge on any atom is -0.357 e. The fraction of sp³-hybridized carbons (Fsp3) is 0.667. The number of nitrogens with one attached hydrogen (secondary N) is 2. The van der Waals surface area contributed by atoms with Crippen molar-refractivity contribution in [1.82, 2.24) is 15.6 Å². The molecular formula is C18H30Cl2N4O. The van der Waals surface area contributed by atoms with E-state index in [1.807, 2.05) is 12.1 Å². The maximum atomic E-state index is 12.2. The van der Waals surface area contributed by atoms with Crippen LogP contribution in [0.25, 0.3) is 0 Å². The number of hydrogen-bond donors (Lipinski definition) is 2. The molecule has 0 aliphatic carbocycles. The molecule has 0 aromatic carbocycles. The van der Waals surface area contributed by atoms with E-state index in [2.05, 4.69) is 20.5 Å². The Balaban J connectivity index is 0.00000156. The van der Waals surface area contributed by atoms with Gasteiger partial charge in [-0.1, -0.05) is 12.8 Å². The van der Waals surface area contributed by atoms with E-state index in [0.717, 1.165) is 38.5 Å². The second-order valence-electron chi connectivity index (χ2n) is 6.73. The Morgan fingerprint density at radius 3 is 2.52 bits per heavy atom. The Morgan fingerprint density at radius 1 is 1.16 bits per heavy atom. The second-order valence-corrected chi connectivity index (χ2v) is 6.73. The van der Waals surface area contributed by atoms with E-state index in [0.29, 0.717) is 11.5 Å². The summed E-state index contributed by atoms with van der Waals surface area (Å²) in [4.78, 5) is 19.1. The molecule has 0 radical (unpaired) electrons. The first-order valence-electron chi connectivity index (χ1n) is 9.03. The summed E-state index contributed by atoms with van der Waals surface area (Å²) < 4.78 is 0.